The molecule has 0 bridgehead atoms. The first-order chi connectivity index (χ1) is 4.41. The van der Waals surface area contributed by atoms with Crippen LogP contribution >= 0.6 is 0 Å². The summed E-state index contributed by atoms with van der Waals surface area (Å²) in [4.78, 5) is 0. The molecule has 0 fully saturated rings. The van der Waals surface area contributed by atoms with Crippen LogP contribution in [-0.2, 0) is 0 Å². The van der Waals surface area contributed by atoms with Crippen molar-refractivity contribution in [1.29, 1.82) is 0 Å². The van der Waals surface area contributed by atoms with E-state index in [-0.39, 0.29) is 6.67 Å². The molecule has 0 saturated carbocycles. The Balaban J connectivity index is 2.60. The molecule has 0 aromatic rings. The van der Waals surface area contributed by atoms with Gasteiger partial charge >= 0.3 is 0 Å². The zero-order chi connectivity index (χ0) is 6.95. The minimum atomic E-state index is -0.272. The first-order valence-corrected chi connectivity index (χ1v) is 3.39. The molecule has 2 nitrogen and oxygen atoms in total. The smallest absolute Gasteiger partial charge is 0.102 e. The zero-order valence-electron chi connectivity index (χ0n) is 5.91. The number of hydrogen-bond donors (Lipinski definition) is 2. The van der Waals surface area contributed by atoms with Crippen LogP contribution in [0.25, 0.3) is 0 Å². The molecule has 0 spiro atoms. The maximum Gasteiger partial charge on any atom is 0.102 e. The van der Waals surface area contributed by atoms with Gasteiger partial charge < -0.3 is 10.6 Å². The topological polar surface area (TPSA) is 24.1 Å². The van der Waals surface area contributed by atoms with Crippen molar-refractivity contribution in [3.63, 3.8) is 0 Å². The Morgan fingerprint density at radius 1 is 1.11 bits per heavy atom. The molecule has 0 aromatic heterocycles. The molecule has 0 saturated heterocycles. The number of halogens is 1. The molecule has 0 radical (unpaired) electrons. The molecule has 0 rings (SSSR count). The number of nitrogens with one attached hydrogen (secondary N) is 2. The molecule has 0 aliphatic rings. The minimum Gasteiger partial charge on any atom is -0.316 e. The predicted octanol–water partition coefficient (Wildman–Crippen LogP) is 0.155. The van der Waals surface area contributed by atoms with Crippen LogP contribution in [0, 0.1) is 0 Å². The van der Waals surface area contributed by atoms with Gasteiger partial charge in [-0.25, -0.2) is 4.39 Å². The molecule has 0 aromatic carbocycles. The minimum absolute atomic E-state index is 0.272. The van der Waals surface area contributed by atoms with Crippen LogP contribution in [0.5, 0.6) is 0 Å². The highest BCUT2D eigenvalue weighted by Crippen LogP contribution is 1.62. The van der Waals surface area contributed by atoms with Gasteiger partial charge in [-0.2, -0.15) is 0 Å². The molecular formula is C6H15FN2. The van der Waals surface area contributed by atoms with Gasteiger partial charge in [0.05, 0.1) is 0 Å². The average Bonchev–Trinajstić information content (AvgIpc) is 1.89. The van der Waals surface area contributed by atoms with Crippen molar-refractivity contribution in [2.24, 2.45) is 0 Å². The largest absolute Gasteiger partial charge is 0.316 e. The normalized spacial score (nSPS) is 10.0. The summed E-state index contributed by atoms with van der Waals surface area (Å²) in [5, 5.41) is 6.05. The highest BCUT2D eigenvalue weighted by molar-refractivity contribution is 4.48. The van der Waals surface area contributed by atoms with E-state index in [9.17, 15) is 4.39 Å². The third-order valence-electron chi connectivity index (χ3n) is 1.000. The van der Waals surface area contributed by atoms with Crippen molar-refractivity contribution >= 4 is 0 Å². The van der Waals surface area contributed by atoms with E-state index in [0.717, 1.165) is 19.6 Å². The lowest BCUT2D eigenvalue weighted by molar-refractivity contribution is 0.465. The number of likely N-dealkylation sites (N-methyl/N-ethyl adjacent to an activating group) is 1. The Bertz CT molecular complexity index is 44.3. The Hall–Kier alpha value is -0.150. The van der Waals surface area contributed by atoms with Crippen LogP contribution in [-0.4, -0.2) is 32.9 Å². The highest BCUT2D eigenvalue weighted by Gasteiger charge is 1.83. The Morgan fingerprint density at radius 2 is 1.78 bits per heavy atom. The molecule has 56 valence electrons. The van der Waals surface area contributed by atoms with Gasteiger partial charge in [-0.1, -0.05) is 6.92 Å². The lowest BCUT2D eigenvalue weighted by Gasteiger charge is -2.00. The molecule has 2 N–H and O–H groups in total. The summed E-state index contributed by atoms with van der Waals surface area (Å²) in [6.45, 7) is 5.03. The van der Waals surface area contributed by atoms with Gasteiger partial charge in [0.25, 0.3) is 0 Å². The summed E-state index contributed by atoms with van der Waals surface area (Å²) >= 11 is 0. The van der Waals surface area contributed by atoms with Gasteiger partial charge in [-0.3, -0.25) is 0 Å². The standard InChI is InChI=1S/C6H15FN2/c1-2-8-5-6-9-4-3-7/h8-9H,2-6H2,1H3. The quantitative estimate of drug-likeness (QED) is 0.505. The van der Waals surface area contributed by atoms with E-state index in [4.69, 9.17) is 0 Å². The highest BCUT2D eigenvalue weighted by atomic mass is 19.1. The van der Waals surface area contributed by atoms with Crippen molar-refractivity contribution in [2.45, 2.75) is 6.92 Å². The van der Waals surface area contributed by atoms with E-state index in [0.29, 0.717) is 6.54 Å². The molecule has 0 aliphatic carbocycles. The monoisotopic (exact) mass is 134 g/mol. The van der Waals surface area contributed by atoms with Crippen molar-refractivity contribution in [3.8, 4) is 0 Å². The molecule has 0 unspecified atom stereocenters. The lowest BCUT2D eigenvalue weighted by Crippen LogP contribution is -2.28. The molecule has 0 aliphatic heterocycles. The SMILES string of the molecule is CCNCCNCCF. The second-order valence-corrected chi connectivity index (χ2v) is 1.79. The maximum atomic E-state index is 11.4. The fraction of sp³-hybridized carbons (Fsp3) is 1.00. The van der Waals surface area contributed by atoms with Crippen molar-refractivity contribution in [2.75, 3.05) is 32.9 Å². The van der Waals surface area contributed by atoms with Crippen LogP contribution in [0.15, 0.2) is 0 Å². The summed E-state index contributed by atoms with van der Waals surface area (Å²) in [6.07, 6.45) is 0. The van der Waals surface area contributed by atoms with Crippen LogP contribution in [0.2, 0.25) is 0 Å². The second kappa shape index (κ2) is 7.85. The molecule has 0 heterocycles. The molecular weight excluding hydrogens is 119 g/mol. The van der Waals surface area contributed by atoms with E-state index < -0.39 is 0 Å². The number of hydrogen-bond acceptors (Lipinski definition) is 2. The fourth-order valence-electron chi connectivity index (χ4n) is 0.545. The fourth-order valence-corrected chi connectivity index (χ4v) is 0.545. The second-order valence-electron chi connectivity index (χ2n) is 1.79. The van der Waals surface area contributed by atoms with Gasteiger partial charge in [0, 0.05) is 19.6 Å². The molecule has 0 atom stereocenters. The summed E-state index contributed by atoms with van der Waals surface area (Å²) in [6, 6.07) is 0. The average molecular weight is 134 g/mol. The maximum absolute atomic E-state index is 11.4. The third-order valence-corrected chi connectivity index (χ3v) is 1.000. The first kappa shape index (κ1) is 8.85. The summed E-state index contributed by atoms with van der Waals surface area (Å²) < 4.78 is 11.4. The summed E-state index contributed by atoms with van der Waals surface area (Å²) in [5.41, 5.74) is 0. The van der Waals surface area contributed by atoms with Crippen LogP contribution < -0.4 is 10.6 Å². The van der Waals surface area contributed by atoms with Gasteiger partial charge in [0.1, 0.15) is 6.67 Å². The predicted molar refractivity (Wildman–Crippen MR) is 37.4 cm³/mol. The van der Waals surface area contributed by atoms with E-state index in [1.807, 2.05) is 0 Å². The van der Waals surface area contributed by atoms with E-state index >= 15 is 0 Å². The molecule has 9 heavy (non-hydrogen) atoms. The number of rotatable bonds is 6. The van der Waals surface area contributed by atoms with Crippen LogP contribution in [0.4, 0.5) is 4.39 Å². The van der Waals surface area contributed by atoms with E-state index in [2.05, 4.69) is 17.6 Å². The van der Waals surface area contributed by atoms with Gasteiger partial charge in [0.15, 0.2) is 0 Å². The van der Waals surface area contributed by atoms with Gasteiger partial charge in [-0.05, 0) is 6.54 Å². The van der Waals surface area contributed by atoms with Crippen molar-refractivity contribution in [1.82, 2.24) is 10.6 Å². The molecule has 3 heteroatoms. The number of alkyl halides is 1. The first-order valence-electron chi connectivity index (χ1n) is 3.39. The van der Waals surface area contributed by atoms with Crippen molar-refractivity contribution < 1.29 is 4.39 Å². The van der Waals surface area contributed by atoms with Crippen LogP contribution in [0.3, 0.4) is 0 Å². The summed E-state index contributed by atoms with van der Waals surface area (Å²) in [7, 11) is 0. The van der Waals surface area contributed by atoms with E-state index in [1.165, 1.54) is 0 Å². The summed E-state index contributed by atoms with van der Waals surface area (Å²) in [5.74, 6) is 0. The Morgan fingerprint density at radius 3 is 2.33 bits per heavy atom. The third kappa shape index (κ3) is 7.85. The van der Waals surface area contributed by atoms with Gasteiger partial charge in [0.2, 0.25) is 0 Å². The Labute approximate surface area is 55.8 Å². The van der Waals surface area contributed by atoms with Crippen molar-refractivity contribution in [3.05, 3.63) is 0 Å². The van der Waals surface area contributed by atoms with E-state index in [1.54, 1.807) is 0 Å². The Kier molecular flexibility index (Phi) is 7.72. The van der Waals surface area contributed by atoms with Crippen LogP contribution in [0.1, 0.15) is 6.92 Å². The zero-order valence-corrected chi connectivity index (χ0v) is 5.91. The van der Waals surface area contributed by atoms with Gasteiger partial charge in [-0.15, -0.1) is 0 Å². The lowest BCUT2D eigenvalue weighted by atomic mass is 10.5. The molecule has 0 amide bonds.